The lowest BCUT2D eigenvalue weighted by atomic mass is 10.4. The van der Waals surface area contributed by atoms with Crippen LogP contribution >= 0.6 is 0 Å². The number of halogens is 3. The first-order chi connectivity index (χ1) is 9.60. The van der Waals surface area contributed by atoms with E-state index in [0.717, 1.165) is 10.9 Å². The molecule has 0 aromatic heterocycles. The predicted molar refractivity (Wildman–Crippen MR) is 82.4 cm³/mol. The van der Waals surface area contributed by atoms with E-state index in [0.29, 0.717) is 0 Å². The standard InChI is InChI=1S/C12H27S.CHF3O3S/c1-4-7-10-13(11-8-5-2)12-9-6-3;2-1(3,4)8(5,6)7/h4-12H2,1-3H3;(H,5,6,7)/q+1;/p-1. The highest BCUT2D eigenvalue weighted by atomic mass is 32.2. The highest BCUT2D eigenvalue weighted by Gasteiger charge is 2.36. The molecular weight excluding hydrogens is 325 g/mol. The van der Waals surface area contributed by atoms with Crippen LogP contribution in [0.5, 0.6) is 0 Å². The maximum atomic E-state index is 10.7. The third-order valence-electron chi connectivity index (χ3n) is 2.64. The predicted octanol–water partition coefficient (Wildman–Crippen LogP) is 4.06. The van der Waals surface area contributed by atoms with Crippen molar-refractivity contribution in [3.63, 3.8) is 0 Å². The van der Waals surface area contributed by atoms with Crippen LogP contribution in [0, 0.1) is 0 Å². The van der Waals surface area contributed by atoms with Crippen LogP contribution in [0.4, 0.5) is 13.2 Å². The van der Waals surface area contributed by atoms with Crippen LogP contribution in [-0.2, 0) is 21.0 Å². The van der Waals surface area contributed by atoms with Crippen molar-refractivity contribution in [3.05, 3.63) is 0 Å². The van der Waals surface area contributed by atoms with Gasteiger partial charge in [0.25, 0.3) is 0 Å². The van der Waals surface area contributed by atoms with Gasteiger partial charge in [-0.15, -0.1) is 0 Å². The average molecular weight is 352 g/mol. The third kappa shape index (κ3) is 14.7. The number of alkyl halides is 3. The first kappa shape index (κ1) is 23.3. The molecule has 0 N–H and O–H groups in total. The molecule has 0 heterocycles. The van der Waals surface area contributed by atoms with Crippen molar-refractivity contribution in [3.8, 4) is 0 Å². The van der Waals surface area contributed by atoms with E-state index in [-0.39, 0.29) is 0 Å². The van der Waals surface area contributed by atoms with Crippen LogP contribution in [0.2, 0.25) is 0 Å². The minimum absolute atomic E-state index is 0.776. The molecule has 0 saturated heterocycles. The second-order valence-electron chi connectivity index (χ2n) is 4.69. The molecule has 0 rings (SSSR count). The van der Waals surface area contributed by atoms with Gasteiger partial charge >= 0.3 is 5.51 Å². The smallest absolute Gasteiger partial charge is 0.485 e. The molecule has 21 heavy (non-hydrogen) atoms. The van der Waals surface area contributed by atoms with Crippen molar-refractivity contribution in [1.82, 2.24) is 0 Å². The van der Waals surface area contributed by atoms with Gasteiger partial charge in [0, 0.05) is 0 Å². The fourth-order valence-electron chi connectivity index (χ4n) is 1.35. The average Bonchev–Trinajstić information content (AvgIpc) is 2.36. The van der Waals surface area contributed by atoms with Gasteiger partial charge in [0.05, 0.1) is 0 Å². The van der Waals surface area contributed by atoms with E-state index < -0.39 is 15.6 Å². The van der Waals surface area contributed by atoms with Crippen LogP contribution in [0.1, 0.15) is 59.3 Å². The maximum absolute atomic E-state index is 10.7. The van der Waals surface area contributed by atoms with Gasteiger partial charge in [-0.05, 0) is 30.2 Å². The summed E-state index contributed by atoms with van der Waals surface area (Å²) in [4.78, 5) is 0. The molecule has 8 heteroatoms. The Morgan fingerprint density at radius 2 is 1.10 bits per heavy atom. The Kier molecular flexibility index (Phi) is 14.0. The van der Waals surface area contributed by atoms with E-state index in [1.165, 1.54) is 55.8 Å². The van der Waals surface area contributed by atoms with Crippen LogP contribution in [-0.4, -0.2) is 35.7 Å². The van der Waals surface area contributed by atoms with Crippen molar-refractivity contribution in [1.29, 1.82) is 0 Å². The molecule has 0 aromatic carbocycles. The lowest BCUT2D eigenvalue weighted by Crippen LogP contribution is -2.21. The van der Waals surface area contributed by atoms with Crippen LogP contribution < -0.4 is 0 Å². The molecule has 0 aromatic rings. The lowest BCUT2D eigenvalue weighted by Gasteiger charge is -2.08. The fourth-order valence-corrected chi connectivity index (χ4v) is 4.05. The van der Waals surface area contributed by atoms with Crippen molar-refractivity contribution < 1.29 is 26.1 Å². The molecule has 0 amide bonds. The zero-order valence-corrected chi connectivity index (χ0v) is 14.7. The Labute approximate surface area is 129 Å². The Morgan fingerprint density at radius 3 is 1.24 bits per heavy atom. The van der Waals surface area contributed by atoms with Crippen molar-refractivity contribution >= 4 is 21.0 Å². The summed E-state index contributed by atoms with van der Waals surface area (Å²) in [5.74, 6) is 4.53. The van der Waals surface area contributed by atoms with Gasteiger partial charge in [0.15, 0.2) is 10.1 Å². The quantitative estimate of drug-likeness (QED) is 0.357. The Hall–Kier alpha value is 0.0500. The highest BCUT2D eigenvalue weighted by Crippen LogP contribution is 2.20. The summed E-state index contributed by atoms with van der Waals surface area (Å²) in [5, 5.41) is 0. The lowest BCUT2D eigenvalue weighted by molar-refractivity contribution is -0.0517. The number of unbranched alkanes of at least 4 members (excludes halogenated alkanes) is 3. The molecule has 3 nitrogen and oxygen atoms in total. The number of hydrogen-bond donors (Lipinski definition) is 0. The summed E-state index contributed by atoms with van der Waals surface area (Å²) in [7, 11) is -5.31. The summed E-state index contributed by atoms with van der Waals surface area (Å²) in [6, 6.07) is 0. The first-order valence-corrected chi connectivity index (χ1v) is 10.4. The van der Waals surface area contributed by atoms with Crippen LogP contribution in [0.15, 0.2) is 0 Å². The minimum Gasteiger partial charge on any atom is -0.741 e. The van der Waals surface area contributed by atoms with E-state index in [1.54, 1.807) is 0 Å². The normalized spacial score (nSPS) is 12.2. The van der Waals surface area contributed by atoms with E-state index >= 15 is 0 Å². The minimum atomic E-state index is -6.09. The number of rotatable bonds is 9. The second kappa shape index (κ2) is 12.6. The highest BCUT2D eigenvalue weighted by molar-refractivity contribution is 7.96. The van der Waals surface area contributed by atoms with E-state index in [2.05, 4.69) is 20.8 Å². The summed E-state index contributed by atoms with van der Waals surface area (Å²) >= 11 is 0. The molecule has 0 fully saturated rings. The van der Waals surface area contributed by atoms with Gasteiger partial charge in [0.2, 0.25) is 0 Å². The third-order valence-corrected chi connectivity index (χ3v) is 5.81. The Bertz CT molecular complexity index is 311. The summed E-state index contributed by atoms with van der Waals surface area (Å²) in [6.45, 7) is 6.92. The Balaban J connectivity index is 0. The molecule has 0 radical (unpaired) electrons. The van der Waals surface area contributed by atoms with Gasteiger partial charge in [-0.3, -0.25) is 0 Å². The molecular formula is C13H27F3O3S2. The van der Waals surface area contributed by atoms with E-state index in [9.17, 15) is 13.2 Å². The van der Waals surface area contributed by atoms with Gasteiger partial charge in [-0.1, -0.05) is 40.0 Å². The van der Waals surface area contributed by atoms with Gasteiger partial charge < -0.3 is 4.55 Å². The van der Waals surface area contributed by atoms with Crippen LogP contribution in [0.25, 0.3) is 0 Å². The van der Waals surface area contributed by atoms with Gasteiger partial charge in [-0.2, -0.15) is 13.2 Å². The Morgan fingerprint density at radius 1 is 0.857 bits per heavy atom. The summed E-state index contributed by atoms with van der Waals surface area (Å²) in [5.41, 5.74) is -5.65. The first-order valence-electron chi connectivity index (χ1n) is 7.26. The fraction of sp³-hybridized carbons (Fsp3) is 1.00. The molecule has 0 unspecified atom stereocenters. The molecule has 0 spiro atoms. The molecule has 0 saturated carbocycles. The monoisotopic (exact) mass is 352 g/mol. The van der Waals surface area contributed by atoms with Crippen LogP contribution in [0.3, 0.4) is 0 Å². The van der Waals surface area contributed by atoms with Crippen molar-refractivity contribution in [2.45, 2.75) is 64.8 Å². The molecule has 130 valence electrons. The molecule has 0 atom stereocenters. The van der Waals surface area contributed by atoms with Gasteiger partial charge in [0.1, 0.15) is 17.3 Å². The summed E-state index contributed by atoms with van der Waals surface area (Å²) < 4.78 is 58.9. The number of hydrogen-bond acceptors (Lipinski definition) is 3. The zero-order chi connectivity index (χ0) is 16.9. The van der Waals surface area contributed by atoms with Crippen molar-refractivity contribution in [2.24, 2.45) is 0 Å². The van der Waals surface area contributed by atoms with Crippen molar-refractivity contribution in [2.75, 3.05) is 17.3 Å². The molecule has 0 aliphatic carbocycles. The van der Waals surface area contributed by atoms with E-state index in [4.69, 9.17) is 13.0 Å². The zero-order valence-electron chi connectivity index (χ0n) is 13.0. The molecule has 0 aliphatic heterocycles. The molecule has 0 bridgehead atoms. The largest absolute Gasteiger partial charge is 0.741 e. The SMILES string of the molecule is CCCC[S+](CCCC)CCCC.O=S(=O)([O-])C(F)(F)F. The maximum Gasteiger partial charge on any atom is 0.485 e. The topological polar surface area (TPSA) is 57.2 Å². The summed E-state index contributed by atoms with van der Waals surface area (Å²) in [6.07, 6.45) is 8.49. The molecule has 0 aliphatic rings. The van der Waals surface area contributed by atoms with Gasteiger partial charge in [-0.25, -0.2) is 8.42 Å². The van der Waals surface area contributed by atoms with E-state index in [1.807, 2.05) is 0 Å². The second-order valence-corrected chi connectivity index (χ2v) is 8.51.